The van der Waals surface area contributed by atoms with Crippen LogP contribution in [0.2, 0.25) is 0 Å². The predicted octanol–water partition coefficient (Wildman–Crippen LogP) is 4.98. The molecule has 0 aliphatic carbocycles. The van der Waals surface area contributed by atoms with E-state index in [0.29, 0.717) is 0 Å². The molecule has 16 heavy (non-hydrogen) atoms. The summed E-state index contributed by atoms with van der Waals surface area (Å²) in [5.41, 5.74) is 2.84. The van der Waals surface area contributed by atoms with Gasteiger partial charge in [-0.15, -0.1) is 11.3 Å². The predicted molar refractivity (Wildman–Crippen MR) is 73.5 cm³/mol. The number of hydrogen-bond acceptors (Lipinski definition) is 1. The van der Waals surface area contributed by atoms with Gasteiger partial charge in [0.15, 0.2) is 0 Å². The molecule has 0 saturated heterocycles. The molecule has 0 atom stereocenters. The third kappa shape index (κ3) is 1.21. The van der Waals surface area contributed by atoms with Crippen molar-refractivity contribution in [1.82, 2.24) is 0 Å². The van der Waals surface area contributed by atoms with Gasteiger partial charge in [-0.1, -0.05) is 24.3 Å². The van der Waals surface area contributed by atoms with Crippen molar-refractivity contribution in [2.75, 3.05) is 0 Å². The van der Waals surface area contributed by atoms with E-state index in [1.165, 1.54) is 36.9 Å². The number of fused-ring (bicyclic) bond motifs is 3. The molecule has 0 radical (unpaired) electrons. The Bertz CT molecular complexity index is 689. The Morgan fingerprint density at radius 3 is 2.56 bits per heavy atom. The third-order valence-corrected chi connectivity index (χ3v) is 4.69. The normalized spacial score (nSPS) is 11.4. The van der Waals surface area contributed by atoms with E-state index in [4.69, 9.17) is 0 Å². The maximum Gasteiger partial charge on any atom is 0.0383 e. The van der Waals surface area contributed by atoms with Gasteiger partial charge in [-0.05, 0) is 48.7 Å². The van der Waals surface area contributed by atoms with Gasteiger partial charge in [0, 0.05) is 15.0 Å². The second-order valence-electron chi connectivity index (χ2n) is 4.40. The van der Waals surface area contributed by atoms with E-state index in [0.717, 1.165) is 0 Å². The minimum absolute atomic E-state index is 1.36. The number of rotatable bonds is 0. The van der Waals surface area contributed by atoms with Crippen LogP contribution >= 0.6 is 11.3 Å². The fourth-order valence-corrected chi connectivity index (χ4v) is 3.52. The Balaban J connectivity index is 2.67. The van der Waals surface area contributed by atoms with Crippen molar-refractivity contribution in [3.8, 4) is 0 Å². The van der Waals surface area contributed by atoms with Crippen LogP contribution in [0.1, 0.15) is 16.0 Å². The quantitative estimate of drug-likeness (QED) is 0.507. The molecule has 2 aromatic carbocycles. The fourth-order valence-electron chi connectivity index (χ4n) is 2.38. The van der Waals surface area contributed by atoms with Gasteiger partial charge in [-0.25, -0.2) is 0 Å². The molecular formula is C15H14S. The van der Waals surface area contributed by atoms with Gasteiger partial charge in [-0.2, -0.15) is 0 Å². The maximum atomic E-state index is 2.30. The molecule has 0 bridgehead atoms. The standard InChI is InChI=1S/C15H14S/c1-9-8-12-6-4-5-7-13(12)14-10(2)11(3)16-15(9)14/h4-8H,1-3H3. The van der Waals surface area contributed by atoms with Gasteiger partial charge < -0.3 is 0 Å². The van der Waals surface area contributed by atoms with Crippen molar-refractivity contribution in [1.29, 1.82) is 0 Å². The molecule has 3 rings (SSSR count). The zero-order valence-electron chi connectivity index (χ0n) is 9.79. The van der Waals surface area contributed by atoms with Crippen molar-refractivity contribution in [3.05, 3.63) is 46.3 Å². The lowest BCUT2D eigenvalue weighted by atomic mass is 10.0. The van der Waals surface area contributed by atoms with Crippen molar-refractivity contribution in [2.45, 2.75) is 20.8 Å². The molecular weight excluding hydrogens is 212 g/mol. The summed E-state index contributed by atoms with van der Waals surface area (Å²) in [6, 6.07) is 11.0. The van der Waals surface area contributed by atoms with E-state index < -0.39 is 0 Å². The van der Waals surface area contributed by atoms with Crippen LogP contribution in [0.3, 0.4) is 0 Å². The Labute approximate surface area is 99.5 Å². The van der Waals surface area contributed by atoms with E-state index in [1.807, 2.05) is 11.3 Å². The van der Waals surface area contributed by atoms with E-state index >= 15 is 0 Å². The smallest absolute Gasteiger partial charge is 0.0383 e. The molecule has 1 aromatic heterocycles. The molecule has 0 nitrogen and oxygen atoms in total. The summed E-state index contributed by atoms with van der Waals surface area (Å²) in [5, 5.41) is 4.21. The Hall–Kier alpha value is -1.34. The van der Waals surface area contributed by atoms with Gasteiger partial charge in [0.05, 0.1) is 0 Å². The largest absolute Gasteiger partial charge is 0.140 e. The number of aryl methyl sites for hydroxylation is 3. The SMILES string of the molecule is Cc1sc2c(C)cc3ccccc3c2c1C. The minimum atomic E-state index is 1.36. The molecule has 80 valence electrons. The van der Waals surface area contributed by atoms with E-state index in [2.05, 4.69) is 51.1 Å². The van der Waals surface area contributed by atoms with Crippen molar-refractivity contribution < 1.29 is 0 Å². The van der Waals surface area contributed by atoms with Gasteiger partial charge in [0.25, 0.3) is 0 Å². The highest BCUT2D eigenvalue weighted by Crippen LogP contribution is 2.37. The van der Waals surface area contributed by atoms with Crippen molar-refractivity contribution >= 4 is 32.2 Å². The maximum absolute atomic E-state index is 2.30. The average Bonchev–Trinajstić information content (AvgIpc) is 2.57. The second-order valence-corrected chi connectivity index (χ2v) is 5.63. The van der Waals surface area contributed by atoms with Gasteiger partial charge >= 0.3 is 0 Å². The first-order valence-corrected chi connectivity index (χ1v) is 6.38. The molecule has 0 N–H and O–H groups in total. The summed E-state index contributed by atoms with van der Waals surface area (Å²) in [7, 11) is 0. The first kappa shape index (κ1) is 9.86. The van der Waals surface area contributed by atoms with Crippen LogP contribution in [0.25, 0.3) is 20.9 Å². The Kier molecular flexibility index (Phi) is 2.05. The van der Waals surface area contributed by atoms with Crippen LogP contribution < -0.4 is 0 Å². The van der Waals surface area contributed by atoms with Crippen LogP contribution in [-0.2, 0) is 0 Å². The summed E-state index contributed by atoms with van der Waals surface area (Å²) >= 11 is 1.92. The summed E-state index contributed by atoms with van der Waals surface area (Å²) in [6.45, 7) is 6.67. The van der Waals surface area contributed by atoms with E-state index in [-0.39, 0.29) is 0 Å². The minimum Gasteiger partial charge on any atom is -0.140 e. The third-order valence-electron chi connectivity index (χ3n) is 3.35. The highest BCUT2D eigenvalue weighted by atomic mass is 32.1. The van der Waals surface area contributed by atoms with E-state index in [1.54, 1.807) is 0 Å². The van der Waals surface area contributed by atoms with Gasteiger partial charge in [0.1, 0.15) is 0 Å². The lowest BCUT2D eigenvalue weighted by Crippen LogP contribution is -1.79. The lowest BCUT2D eigenvalue weighted by Gasteiger charge is -2.03. The zero-order chi connectivity index (χ0) is 11.3. The first-order chi connectivity index (χ1) is 7.68. The summed E-state index contributed by atoms with van der Waals surface area (Å²) in [4.78, 5) is 1.44. The monoisotopic (exact) mass is 226 g/mol. The van der Waals surface area contributed by atoms with Gasteiger partial charge in [-0.3, -0.25) is 0 Å². The number of thiophene rings is 1. The molecule has 0 saturated carbocycles. The van der Waals surface area contributed by atoms with Crippen LogP contribution in [0, 0.1) is 20.8 Å². The molecule has 0 fully saturated rings. The Morgan fingerprint density at radius 2 is 1.75 bits per heavy atom. The number of benzene rings is 2. The van der Waals surface area contributed by atoms with Gasteiger partial charge in [0.2, 0.25) is 0 Å². The molecule has 0 amide bonds. The van der Waals surface area contributed by atoms with Crippen LogP contribution in [0.15, 0.2) is 30.3 Å². The molecule has 3 aromatic rings. The van der Waals surface area contributed by atoms with Crippen molar-refractivity contribution in [3.63, 3.8) is 0 Å². The Morgan fingerprint density at radius 1 is 1.00 bits per heavy atom. The average molecular weight is 226 g/mol. The molecule has 0 unspecified atom stereocenters. The lowest BCUT2D eigenvalue weighted by molar-refractivity contribution is 1.47. The molecule has 0 spiro atoms. The molecule has 0 aliphatic heterocycles. The summed E-state index contributed by atoms with van der Waals surface area (Å²) < 4.78 is 1.45. The molecule has 0 aliphatic rings. The molecule has 1 heteroatoms. The molecule has 1 heterocycles. The van der Waals surface area contributed by atoms with E-state index in [9.17, 15) is 0 Å². The first-order valence-electron chi connectivity index (χ1n) is 5.56. The summed E-state index contributed by atoms with van der Waals surface area (Å²) in [6.07, 6.45) is 0. The zero-order valence-corrected chi connectivity index (χ0v) is 10.6. The second kappa shape index (κ2) is 3.33. The number of hydrogen-bond donors (Lipinski definition) is 0. The summed E-state index contributed by atoms with van der Waals surface area (Å²) in [5.74, 6) is 0. The van der Waals surface area contributed by atoms with Crippen LogP contribution in [0.4, 0.5) is 0 Å². The van der Waals surface area contributed by atoms with Crippen molar-refractivity contribution in [2.24, 2.45) is 0 Å². The topological polar surface area (TPSA) is 0 Å². The van der Waals surface area contributed by atoms with Crippen LogP contribution in [0.5, 0.6) is 0 Å². The highest BCUT2D eigenvalue weighted by Gasteiger charge is 2.10. The van der Waals surface area contributed by atoms with Crippen LogP contribution in [-0.4, -0.2) is 0 Å². The highest BCUT2D eigenvalue weighted by molar-refractivity contribution is 7.19. The fraction of sp³-hybridized carbons (Fsp3) is 0.200.